The number of nitrogens with zero attached hydrogens (tertiary/aromatic N) is 3. The zero-order chi connectivity index (χ0) is 18.6. The highest BCUT2D eigenvalue weighted by Crippen LogP contribution is 2.23. The summed E-state index contributed by atoms with van der Waals surface area (Å²) in [5.74, 6) is 1.36. The van der Waals surface area contributed by atoms with E-state index in [1.54, 1.807) is 12.4 Å². The Labute approximate surface area is 162 Å². The second kappa shape index (κ2) is 7.83. The van der Waals surface area contributed by atoms with Gasteiger partial charge in [-0.05, 0) is 50.6 Å². The lowest BCUT2D eigenvalue weighted by atomic mass is 10.1. The fourth-order valence-corrected chi connectivity index (χ4v) is 2.88. The molecular formula is C20H22BrN5. The molecule has 1 aromatic carbocycles. The Morgan fingerprint density at radius 2 is 1.88 bits per heavy atom. The minimum Gasteiger partial charge on any atom is -0.366 e. The first-order chi connectivity index (χ1) is 12.4. The molecule has 0 saturated heterocycles. The Balaban J connectivity index is 1.89. The normalized spacial score (nSPS) is 11.2. The second-order valence-corrected chi connectivity index (χ2v) is 7.98. The molecule has 2 N–H and O–H groups in total. The molecule has 3 rings (SSSR count). The zero-order valence-corrected chi connectivity index (χ0v) is 16.7. The Morgan fingerprint density at radius 1 is 1.04 bits per heavy atom. The number of hydrogen-bond acceptors (Lipinski definition) is 5. The monoisotopic (exact) mass is 411 g/mol. The molecule has 0 saturated carbocycles. The van der Waals surface area contributed by atoms with Crippen LogP contribution in [0.2, 0.25) is 0 Å². The van der Waals surface area contributed by atoms with E-state index in [9.17, 15) is 0 Å². The van der Waals surface area contributed by atoms with Gasteiger partial charge in [-0.2, -0.15) is 4.98 Å². The summed E-state index contributed by atoms with van der Waals surface area (Å²) < 4.78 is 1.06. The predicted octanol–water partition coefficient (Wildman–Crippen LogP) is 5.12. The number of hydrogen-bond donors (Lipinski definition) is 2. The Bertz CT molecular complexity index is 875. The van der Waals surface area contributed by atoms with Gasteiger partial charge in [-0.3, -0.25) is 4.98 Å². The van der Waals surface area contributed by atoms with Gasteiger partial charge in [-0.25, -0.2) is 4.98 Å². The van der Waals surface area contributed by atoms with Crippen LogP contribution in [0.15, 0.2) is 59.3 Å². The van der Waals surface area contributed by atoms with Crippen molar-refractivity contribution in [2.24, 2.45) is 0 Å². The summed E-state index contributed by atoms with van der Waals surface area (Å²) in [5.41, 5.74) is 2.83. The number of aromatic nitrogens is 3. The number of rotatable bonds is 5. The van der Waals surface area contributed by atoms with Crippen LogP contribution in [0.25, 0.3) is 11.3 Å². The van der Waals surface area contributed by atoms with Crippen molar-refractivity contribution in [2.45, 2.75) is 32.9 Å². The number of pyridine rings is 1. The third-order valence-corrected chi connectivity index (χ3v) is 4.03. The van der Waals surface area contributed by atoms with E-state index in [1.165, 1.54) is 5.56 Å². The number of benzene rings is 1. The maximum absolute atomic E-state index is 4.65. The SMILES string of the molecule is CC(C)(C)Nc1nc(NCc2cccc(Br)c2)cc(-c2cccnc2)n1. The van der Waals surface area contributed by atoms with Crippen molar-refractivity contribution in [3.8, 4) is 11.3 Å². The molecule has 0 unspecified atom stereocenters. The zero-order valence-electron chi connectivity index (χ0n) is 15.1. The van der Waals surface area contributed by atoms with Crippen molar-refractivity contribution in [3.05, 3.63) is 64.9 Å². The van der Waals surface area contributed by atoms with Gasteiger partial charge in [0.15, 0.2) is 0 Å². The lowest BCUT2D eigenvalue weighted by Gasteiger charge is -2.21. The molecule has 5 nitrogen and oxygen atoms in total. The van der Waals surface area contributed by atoms with Gasteiger partial charge >= 0.3 is 0 Å². The van der Waals surface area contributed by atoms with Crippen molar-refractivity contribution in [1.29, 1.82) is 0 Å². The van der Waals surface area contributed by atoms with E-state index >= 15 is 0 Å². The van der Waals surface area contributed by atoms with Crippen LogP contribution in [0.1, 0.15) is 26.3 Å². The first kappa shape index (κ1) is 18.3. The molecule has 0 radical (unpaired) electrons. The molecule has 0 aliphatic rings. The minimum atomic E-state index is -0.130. The first-order valence-corrected chi connectivity index (χ1v) is 9.24. The maximum atomic E-state index is 4.65. The summed E-state index contributed by atoms with van der Waals surface area (Å²) in [6, 6.07) is 14.1. The molecule has 6 heteroatoms. The summed E-state index contributed by atoms with van der Waals surface area (Å²) >= 11 is 3.50. The van der Waals surface area contributed by atoms with Crippen molar-refractivity contribution in [3.63, 3.8) is 0 Å². The fourth-order valence-electron chi connectivity index (χ4n) is 2.43. The van der Waals surface area contributed by atoms with Gasteiger partial charge in [-0.1, -0.05) is 28.1 Å². The van der Waals surface area contributed by atoms with Crippen LogP contribution in [-0.4, -0.2) is 20.5 Å². The molecular weight excluding hydrogens is 390 g/mol. The predicted molar refractivity (Wildman–Crippen MR) is 110 cm³/mol. The van der Waals surface area contributed by atoms with Crippen LogP contribution >= 0.6 is 15.9 Å². The average Bonchev–Trinajstić information content (AvgIpc) is 2.59. The van der Waals surface area contributed by atoms with Gasteiger partial charge in [-0.15, -0.1) is 0 Å². The maximum Gasteiger partial charge on any atom is 0.225 e. The largest absolute Gasteiger partial charge is 0.366 e. The Hall–Kier alpha value is -2.47. The molecule has 0 spiro atoms. The van der Waals surface area contributed by atoms with Crippen molar-refractivity contribution in [1.82, 2.24) is 15.0 Å². The van der Waals surface area contributed by atoms with Gasteiger partial charge in [0.2, 0.25) is 5.95 Å². The quantitative estimate of drug-likeness (QED) is 0.609. The molecule has 0 fully saturated rings. The van der Waals surface area contributed by atoms with Crippen LogP contribution in [-0.2, 0) is 6.54 Å². The number of halogens is 1. The summed E-state index contributed by atoms with van der Waals surface area (Å²) in [6.07, 6.45) is 3.56. The molecule has 0 bridgehead atoms. The van der Waals surface area contributed by atoms with Crippen LogP contribution in [0, 0.1) is 0 Å². The lowest BCUT2D eigenvalue weighted by molar-refractivity contribution is 0.626. The summed E-state index contributed by atoms with van der Waals surface area (Å²) in [4.78, 5) is 13.5. The number of nitrogens with one attached hydrogen (secondary N) is 2. The van der Waals surface area contributed by atoms with Gasteiger partial charge in [0.05, 0.1) is 5.69 Å². The summed E-state index contributed by atoms with van der Waals surface area (Å²) in [7, 11) is 0. The first-order valence-electron chi connectivity index (χ1n) is 8.45. The molecule has 2 aromatic heterocycles. The van der Waals surface area contributed by atoms with Gasteiger partial charge in [0.25, 0.3) is 0 Å². The summed E-state index contributed by atoms with van der Waals surface area (Å²) in [6.45, 7) is 6.93. The van der Waals surface area contributed by atoms with Crippen molar-refractivity contribution < 1.29 is 0 Å². The Morgan fingerprint density at radius 3 is 2.58 bits per heavy atom. The van der Waals surface area contributed by atoms with E-state index in [2.05, 4.69) is 74.4 Å². The van der Waals surface area contributed by atoms with E-state index in [0.717, 1.165) is 21.5 Å². The smallest absolute Gasteiger partial charge is 0.225 e. The molecule has 26 heavy (non-hydrogen) atoms. The van der Waals surface area contributed by atoms with Crippen LogP contribution in [0.5, 0.6) is 0 Å². The van der Waals surface area contributed by atoms with E-state index in [1.807, 2.05) is 30.3 Å². The van der Waals surface area contributed by atoms with E-state index < -0.39 is 0 Å². The second-order valence-electron chi connectivity index (χ2n) is 7.06. The molecule has 2 heterocycles. The van der Waals surface area contributed by atoms with Crippen molar-refractivity contribution >= 4 is 27.7 Å². The van der Waals surface area contributed by atoms with E-state index in [0.29, 0.717) is 12.5 Å². The molecule has 134 valence electrons. The van der Waals surface area contributed by atoms with Crippen molar-refractivity contribution in [2.75, 3.05) is 10.6 Å². The minimum absolute atomic E-state index is 0.130. The van der Waals surface area contributed by atoms with Gasteiger partial charge < -0.3 is 10.6 Å². The standard InChI is InChI=1S/C20H22BrN5/c1-20(2,3)26-19-24-17(15-7-5-9-22-13-15)11-18(25-19)23-12-14-6-4-8-16(21)10-14/h4-11,13H,12H2,1-3H3,(H2,23,24,25,26). The highest BCUT2D eigenvalue weighted by molar-refractivity contribution is 9.10. The highest BCUT2D eigenvalue weighted by Gasteiger charge is 2.14. The molecule has 0 atom stereocenters. The fraction of sp³-hybridized carbons (Fsp3) is 0.250. The van der Waals surface area contributed by atoms with E-state index in [4.69, 9.17) is 0 Å². The van der Waals surface area contributed by atoms with Gasteiger partial charge in [0, 0.05) is 40.6 Å². The topological polar surface area (TPSA) is 62.7 Å². The van der Waals surface area contributed by atoms with E-state index in [-0.39, 0.29) is 5.54 Å². The van der Waals surface area contributed by atoms with Crippen LogP contribution < -0.4 is 10.6 Å². The third kappa shape index (κ3) is 5.26. The average molecular weight is 412 g/mol. The van der Waals surface area contributed by atoms with Crippen LogP contribution in [0.4, 0.5) is 11.8 Å². The van der Waals surface area contributed by atoms with Gasteiger partial charge in [0.1, 0.15) is 5.82 Å². The molecule has 0 aliphatic carbocycles. The lowest BCUT2D eigenvalue weighted by Crippen LogP contribution is -2.27. The molecule has 0 aliphatic heterocycles. The highest BCUT2D eigenvalue weighted by atomic mass is 79.9. The Kier molecular flexibility index (Phi) is 5.52. The molecule has 3 aromatic rings. The summed E-state index contributed by atoms with van der Waals surface area (Å²) in [5, 5.41) is 6.74. The van der Waals surface area contributed by atoms with Crippen LogP contribution in [0.3, 0.4) is 0 Å². The molecule has 0 amide bonds. The number of anilines is 2. The third-order valence-electron chi connectivity index (χ3n) is 3.53.